The Kier molecular flexibility index (Phi) is 6.32. The number of carboxylic acids is 1. The van der Waals surface area contributed by atoms with Crippen molar-refractivity contribution < 1.29 is 28.6 Å². The monoisotopic (exact) mass is 464 g/mol. The molecule has 0 saturated carbocycles. The lowest BCUT2D eigenvalue weighted by atomic mass is 9.73. The maximum atomic E-state index is 13.1. The fourth-order valence-corrected chi connectivity index (χ4v) is 4.73. The van der Waals surface area contributed by atoms with Crippen molar-refractivity contribution in [3.05, 3.63) is 69.6 Å². The number of hydrogen-bond donors (Lipinski definition) is 0. The summed E-state index contributed by atoms with van der Waals surface area (Å²) in [5, 5.41) is 12.7. The van der Waals surface area contributed by atoms with Gasteiger partial charge >= 0.3 is 5.63 Å². The number of fused-ring (bicyclic) bond motifs is 1. The van der Waals surface area contributed by atoms with E-state index in [0.717, 1.165) is 0 Å². The highest BCUT2D eigenvalue weighted by atomic mass is 16.5. The van der Waals surface area contributed by atoms with Gasteiger partial charge in [0.15, 0.2) is 0 Å². The summed E-state index contributed by atoms with van der Waals surface area (Å²) < 4.78 is 16.2. The molecule has 34 heavy (non-hydrogen) atoms. The molecular formula is C26H26NO7-. The predicted molar refractivity (Wildman–Crippen MR) is 123 cm³/mol. The summed E-state index contributed by atoms with van der Waals surface area (Å²) >= 11 is 0. The number of nitrogens with zero attached hydrogens (tertiary/aromatic N) is 1. The van der Waals surface area contributed by atoms with Gasteiger partial charge in [0.25, 0.3) is 0 Å². The van der Waals surface area contributed by atoms with Gasteiger partial charge in [-0.3, -0.25) is 4.79 Å². The summed E-state index contributed by atoms with van der Waals surface area (Å²) in [7, 11) is 3.01. The molecule has 0 N–H and O–H groups in total. The number of piperidine rings is 1. The zero-order valence-corrected chi connectivity index (χ0v) is 19.4. The third-order valence-corrected chi connectivity index (χ3v) is 6.79. The molecule has 0 bridgehead atoms. The second-order valence-electron chi connectivity index (χ2n) is 8.49. The molecule has 1 fully saturated rings. The van der Waals surface area contributed by atoms with Crippen molar-refractivity contribution in [1.29, 1.82) is 0 Å². The molecule has 178 valence electrons. The minimum absolute atomic E-state index is 0.150. The number of amides is 1. The van der Waals surface area contributed by atoms with Crippen molar-refractivity contribution in [1.82, 2.24) is 4.90 Å². The van der Waals surface area contributed by atoms with Crippen molar-refractivity contribution in [2.45, 2.75) is 31.6 Å². The Labute approximate surface area is 196 Å². The van der Waals surface area contributed by atoms with Gasteiger partial charge in [0.05, 0.1) is 37.6 Å². The molecule has 2 aromatic carbocycles. The molecule has 2 heterocycles. The van der Waals surface area contributed by atoms with Crippen molar-refractivity contribution >= 4 is 22.8 Å². The third-order valence-electron chi connectivity index (χ3n) is 6.79. The molecule has 0 aliphatic carbocycles. The molecule has 0 radical (unpaired) electrons. The van der Waals surface area contributed by atoms with Gasteiger partial charge < -0.3 is 28.7 Å². The van der Waals surface area contributed by atoms with Crippen LogP contribution >= 0.6 is 0 Å². The van der Waals surface area contributed by atoms with Gasteiger partial charge in [-0.1, -0.05) is 30.3 Å². The highest BCUT2D eigenvalue weighted by molar-refractivity contribution is 5.90. The average molecular weight is 464 g/mol. The van der Waals surface area contributed by atoms with E-state index in [1.807, 2.05) is 6.07 Å². The van der Waals surface area contributed by atoms with Crippen LogP contribution in [-0.4, -0.2) is 44.1 Å². The van der Waals surface area contributed by atoms with Gasteiger partial charge in [0.1, 0.15) is 17.1 Å². The van der Waals surface area contributed by atoms with Crippen molar-refractivity contribution in [2.24, 2.45) is 0 Å². The lowest BCUT2D eigenvalue weighted by Gasteiger charge is -2.43. The first-order valence-corrected chi connectivity index (χ1v) is 11.0. The predicted octanol–water partition coefficient (Wildman–Crippen LogP) is 1.97. The molecule has 0 atom stereocenters. The summed E-state index contributed by atoms with van der Waals surface area (Å²) in [4.78, 5) is 39.5. The fraction of sp³-hybridized carbons (Fsp3) is 0.346. The van der Waals surface area contributed by atoms with Crippen LogP contribution in [0.15, 0.2) is 51.7 Å². The Morgan fingerprint density at radius 1 is 1.09 bits per heavy atom. The average Bonchev–Trinajstić information content (AvgIpc) is 2.85. The van der Waals surface area contributed by atoms with Crippen LogP contribution in [0.4, 0.5) is 0 Å². The first kappa shape index (κ1) is 23.4. The molecule has 0 spiro atoms. The van der Waals surface area contributed by atoms with E-state index in [4.69, 9.17) is 13.9 Å². The zero-order valence-electron chi connectivity index (χ0n) is 19.4. The van der Waals surface area contributed by atoms with Gasteiger partial charge in [0.2, 0.25) is 5.91 Å². The number of carbonyl (C=O) groups excluding carboxylic acids is 2. The molecule has 8 heteroatoms. The van der Waals surface area contributed by atoms with Crippen LogP contribution in [0, 0.1) is 6.92 Å². The van der Waals surface area contributed by atoms with Crippen molar-refractivity contribution in [2.75, 3.05) is 27.3 Å². The van der Waals surface area contributed by atoms with Crippen LogP contribution in [-0.2, 0) is 21.4 Å². The summed E-state index contributed by atoms with van der Waals surface area (Å²) in [5.74, 6) is -0.440. The number of carbonyl (C=O) groups is 2. The van der Waals surface area contributed by atoms with Crippen LogP contribution in [0.5, 0.6) is 11.5 Å². The van der Waals surface area contributed by atoms with Gasteiger partial charge in [0, 0.05) is 30.6 Å². The normalized spacial score (nSPS) is 15.2. The molecule has 1 saturated heterocycles. The Morgan fingerprint density at radius 3 is 2.35 bits per heavy atom. The Morgan fingerprint density at radius 2 is 1.76 bits per heavy atom. The van der Waals surface area contributed by atoms with E-state index in [1.165, 1.54) is 14.2 Å². The maximum absolute atomic E-state index is 13.1. The number of ether oxygens (including phenoxy) is 2. The molecule has 3 aromatic rings. The number of aliphatic carboxylic acids is 1. The van der Waals surface area contributed by atoms with Crippen LogP contribution in [0.1, 0.15) is 29.5 Å². The minimum Gasteiger partial charge on any atom is -0.549 e. The second kappa shape index (κ2) is 9.21. The number of likely N-dealkylation sites (tertiary alicyclic amines) is 1. The highest BCUT2D eigenvalue weighted by Crippen LogP contribution is 2.36. The first-order chi connectivity index (χ1) is 16.3. The number of benzene rings is 2. The number of methoxy groups -OCH3 is 2. The summed E-state index contributed by atoms with van der Waals surface area (Å²) in [5.41, 5.74) is 0.108. The zero-order chi connectivity index (χ0) is 24.5. The summed E-state index contributed by atoms with van der Waals surface area (Å²) in [6.07, 6.45) is 0.330. The number of hydrogen-bond acceptors (Lipinski definition) is 7. The fourth-order valence-electron chi connectivity index (χ4n) is 4.73. The van der Waals surface area contributed by atoms with Gasteiger partial charge in [-0.15, -0.1) is 0 Å². The van der Waals surface area contributed by atoms with Crippen LogP contribution < -0.4 is 20.2 Å². The summed E-state index contributed by atoms with van der Waals surface area (Å²) in [6.45, 7) is 2.25. The first-order valence-electron chi connectivity index (χ1n) is 11.0. The van der Waals surface area contributed by atoms with Crippen molar-refractivity contribution in [3.63, 3.8) is 0 Å². The highest BCUT2D eigenvalue weighted by Gasteiger charge is 2.39. The van der Waals surface area contributed by atoms with E-state index >= 15 is 0 Å². The molecule has 8 nitrogen and oxygen atoms in total. The standard InChI is InChI=1S/C26H27NO7/c1-16-19(24(29)34-21-14-18(32-2)13-20(33-3)23(16)21)15-22(28)27-11-9-26(10-12-27,25(30)31)17-7-5-4-6-8-17/h4-8,13-14H,9-12,15H2,1-3H3,(H,30,31)/p-1. The third kappa shape index (κ3) is 4.00. The quantitative estimate of drug-likeness (QED) is 0.513. The van der Waals surface area contributed by atoms with Gasteiger partial charge in [-0.25, -0.2) is 4.79 Å². The van der Waals surface area contributed by atoms with Crippen molar-refractivity contribution in [3.8, 4) is 11.5 Å². The second-order valence-corrected chi connectivity index (χ2v) is 8.49. The van der Waals surface area contributed by atoms with Crippen LogP contribution in [0.3, 0.4) is 0 Å². The molecule has 0 unspecified atom stereocenters. The number of carboxylic acid groups (broad SMARTS) is 1. The van der Waals surface area contributed by atoms with Gasteiger partial charge in [-0.05, 0) is 30.9 Å². The van der Waals surface area contributed by atoms with E-state index < -0.39 is 17.0 Å². The van der Waals surface area contributed by atoms with Gasteiger partial charge in [-0.2, -0.15) is 0 Å². The lowest BCUT2D eigenvalue weighted by Crippen LogP contribution is -2.54. The van der Waals surface area contributed by atoms with E-state index in [0.29, 0.717) is 33.6 Å². The summed E-state index contributed by atoms with van der Waals surface area (Å²) in [6, 6.07) is 12.3. The minimum atomic E-state index is -1.14. The Balaban J connectivity index is 1.59. The number of rotatable bonds is 6. The topological polar surface area (TPSA) is 109 Å². The van der Waals surface area contributed by atoms with E-state index in [9.17, 15) is 19.5 Å². The SMILES string of the molecule is COc1cc(OC)c2c(C)c(CC(=O)N3CCC(C(=O)[O-])(c4ccccc4)CC3)c(=O)oc2c1. The number of aryl methyl sites for hydroxylation is 1. The molecule has 1 aromatic heterocycles. The largest absolute Gasteiger partial charge is 0.549 e. The molecule has 1 amide bonds. The van der Waals surface area contributed by atoms with E-state index in [-0.39, 0.29) is 43.8 Å². The Hall–Kier alpha value is -3.81. The smallest absolute Gasteiger partial charge is 0.340 e. The Bertz CT molecular complexity index is 1290. The lowest BCUT2D eigenvalue weighted by molar-refractivity contribution is -0.315. The molecular weight excluding hydrogens is 438 g/mol. The maximum Gasteiger partial charge on any atom is 0.340 e. The van der Waals surface area contributed by atoms with E-state index in [2.05, 4.69) is 0 Å². The molecule has 4 rings (SSSR count). The van der Waals surface area contributed by atoms with Crippen LogP contribution in [0.2, 0.25) is 0 Å². The molecule has 1 aliphatic heterocycles. The molecule has 1 aliphatic rings. The van der Waals surface area contributed by atoms with Crippen LogP contribution in [0.25, 0.3) is 11.0 Å². The van der Waals surface area contributed by atoms with E-state index in [1.54, 1.807) is 48.2 Å².